The molecule has 1 aromatic carbocycles. The van der Waals surface area contributed by atoms with Crippen molar-refractivity contribution in [3.05, 3.63) is 34.1 Å². The van der Waals surface area contributed by atoms with Gasteiger partial charge in [0.25, 0.3) is 5.69 Å². The number of hydrogen-bond donors (Lipinski definition) is 2. The predicted molar refractivity (Wildman–Crippen MR) is 69.1 cm³/mol. The molecular formula is C12H16FN3O3. The highest BCUT2D eigenvalue weighted by Gasteiger charge is 2.24. The largest absolute Gasteiger partial charge is 0.320 e. The fraction of sp³-hybridized carbons (Fsp3) is 0.417. The van der Waals surface area contributed by atoms with E-state index in [0.29, 0.717) is 6.42 Å². The zero-order valence-corrected chi connectivity index (χ0v) is 10.7. The Balaban J connectivity index is 2.99. The molecule has 0 spiro atoms. The number of para-hydroxylation sites is 1. The van der Waals surface area contributed by atoms with Crippen LogP contribution in [-0.4, -0.2) is 16.9 Å². The Bertz CT molecular complexity index is 493. The van der Waals surface area contributed by atoms with Gasteiger partial charge in [-0.2, -0.15) is 0 Å². The van der Waals surface area contributed by atoms with Crippen molar-refractivity contribution in [2.45, 2.75) is 26.3 Å². The van der Waals surface area contributed by atoms with Crippen molar-refractivity contribution in [1.82, 2.24) is 0 Å². The van der Waals surface area contributed by atoms with Gasteiger partial charge in [-0.1, -0.05) is 26.3 Å². The van der Waals surface area contributed by atoms with Crippen LogP contribution in [-0.2, 0) is 4.79 Å². The Morgan fingerprint density at radius 1 is 1.58 bits per heavy atom. The average Bonchev–Trinajstić information content (AvgIpc) is 2.38. The van der Waals surface area contributed by atoms with Crippen LogP contribution in [0, 0.1) is 21.8 Å². The number of hydrogen-bond acceptors (Lipinski definition) is 4. The van der Waals surface area contributed by atoms with Crippen molar-refractivity contribution >= 4 is 17.3 Å². The van der Waals surface area contributed by atoms with Crippen LogP contribution in [0.3, 0.4) is 0 Å². The van der Waals surface area contributed by atoms with E-state index in [1.165, 1.54) is 6.07 Å². The number of nitro benzene ring substituents is 1. The highest BCUT2D eigenvalue weighted by Crippen LogP contribution is 2.27. The first-order chi connectivity index (χ1) is 8.88. The van der Waals surface area contributed by atoms with Crippen LogP contribution >= 0.6 is 0 Å². The summed E-state index contributed by atoms with van der Waals surface area (Å²) in [6.07, 6.45) is 0.675. The zero-order chi connectivity index (χ0) is 14.6. The van der Waals surface area contributed by atoms with Gasteiger partial charge in [-0.05, 0) is 12.0 Å². The first-order valence-electron chi connectivity index (χ1n) is 5.87. The van der Waals surface area contributed by atoms with Crippen LogP contribution in [0.25, 0.3) is 0 Å². The highest BCUT2D eigenvalue weighted by atomic mass is 19.1. The number of nitro groups is 1. The molecule has 2 atom stereocenters. The number of carbonyl (C=O) groups excluding carboxylic acids is 1. The zero-order valence-electron chi connectivity index (χ0n) is 10.7. The molecule has 1 unspecified atom stereocenters. The van der Waals surface area contributed by atoms with Crippen LogP contribution in [0.2, 0.25) is 0 Å². The number of rotatable bonds is 5. The van der Waals surface area contributed by atoms with E-state index in [9.17, 15) is 19.3 Å². The summed E-state index contributed by atoms with van der Waals surface area (Å²) in [4.78, 5) is 21.8. The van der Waals surface area contributed by atoms with E-state index in [2.05, 4.69) is 5.32 Å². The van der Waals surface area contributed by atoms with Gasteiger partial charge in [-0.3, -0.25) is 14.9 Å². The van der Waals surface area contributed by atoms with E-state index >= 15 is 0 Å². The number of nitrogens with zero attached hydrogens (tertiary/aromatic N) is 1. The van der Waals surface area contributed by atoms with Gasteiger partial charge in [-0.15, -0.1) is 0 Å². The summed E-state index contributed by atoms with van der Waals surface area (Å²) in [5, 5.41) is 13.0. The Morgan fingerprint density at radius 3 is 2.74 bits per heavy atom. The first-order valence-corrected chi connectivity index (χ1v) is 5.87. The van der Waals surface area contributed by atoms with Crippen LogP contribution in [0.15, 0.2) is 18.2 Å². The number of amides is 1. The molecule has 104 valence electrons. The summed E-state index contributed by atoms with van der Waals surface area (Å²) in [6, 6.07) is 2.52. The molecule has 1 aromatic rings. The van der Waals surface area contributed by atoms with Gasteiger partial charge in [0.2, 0.25) is 5.91 Å². The van der Waals surface area contributed by atoms with Gasteiger partial charge >= 0.3 is 0 Å². The fourth-order valence-electron chi connectivity index (χ4n) is 1.51. The van der Waals surface area contributed by atoms with E-state index < -0.39 is 34.1 Å². The molecule has 6 nitrogen and oxygen atoms in total. The predicted octanol–water partition coefficient (Wildman–Crippen LogP) is 2.05. The summed E-state index contributed by atoms with van der Waals surface area (Å²) >= 11 is 0. The molecule has 1 amide bonds. The van der Waals surface area contributed by atoms with Crippen LogP contribution in [0.5, 0.6) is 0 Å². The molecule has 19 heavy (non-hydrogen) atoms. The van der Waals surface area contributed by atoms with Gasteiger partial charge in [0.05, 0.1) is 11.0 Å². The maximum atomic E-state index is 13.6. The van der Waals surface area contributed by atoms with E-state index in [1.54, 1.807) is 6.92 Å². The SMILES string of the molecule is CCC(C)[C@H](N)C(=O)Nc1c(F)cccc1[N+](=O)[O-]. The second-order valence-electron chi connectivity index (χ2n) is 4.29. The van der Waals surface area contributed by atoms with Crippen LogP contribution in [0.1, 0.15) is 20.3 Å². The minimum atomic E-state index is -0.862. The van der Waals surface area contributed by atoms with Crippen molar-refractivity contribution in [2.75, 3.05) is 5.32 Å². The molecule has 0 saturated heterocycles. The van der Waals surface area contributed by atoms with Gasteiger partial charge in [-0.25, -0.2) is 4.39 Å². The number of carbonyl (C=O) groups is 1. The monoisotopic (exact) mass is 269 g/mol. The number of nitrogens with two attached hydrogens (primary N) is 1. The standard InChI is InChI=1S/C12H16FN3O3/c1-3-7(2)10(14)12(17)15-11-8(13)5-4-6-9(11)16(18)19/h4-7,10H,3,14H2,1-2H3,(H,15,17)/t7?,10-/m0/s1. The molecule has 7 heteroatoms. The Labute approximate surface area is 109 Å². The summed E-state index contributed by atoms with van der Waals surface area (Å²) in [5.41, 5.74) is 4.75. The second-order valence-corrected chi connectivity index (χ2v) is 4.29. The van der Waals surface area contributed by atoms with Gasteiger partial charge in [0.1, 0.15) is 0 Å². The third kappa shape index (κ3) is 3.47. The Morgan fingerprint density at radius 2 is 2.21 bits per heavy atom. The lowest BCUT2D eigenvalue weighted by Crippen LogP contribution is -2.40. The molecule has 0 aliphatic heterocycles. The maximum absolute atomic E-state index is 13.6. The van der Waals surface area contributed by atoms with Crippen molar-refractivity contribution in [1.29, 1.82) is 0 Å². The summed E-state index contributed by atoms with van der Waals surface area (Å²) < 4.78 is 13.6. The van der Waals surface area contributed by atoms with Crippen LogP contribution in [0.4, 0.5) is 15.8 Å². The summed E-state index contributed by atoms with van der Waals surface area (Å²) in [7, 11) is 0. The second kappa shape index (κ2) is 6.24. The average molecular weight is 269 g/mol. The smallest absolute Gasteiger partial charge is 0.295 e. The number of halogens is 1. The quantitative estimate of drug-likeness (QED) is 0.631. The molecule has 3 N–H and O–H groups in total. The Hall–Kier alpha value is -2.02. The molecule has 0 aromatic heterocycles. The number of anilines is 1. The molecule has 0 aliphatic carbocycles. The molecule has 0 radical (unpaired) electrons. The van der Waals surface area contributed by atoms with Gasteiger partial charge in [0.15, 0.2) is 11.5 Å². The fourth-order valence-corrected chi connectivity index (χ4v) is 1.51. The summed E-state index contributed by atoms with van der Waals surface area (Å²) in [5.74, 6) is -1.60. The third-order valence-electron chi connectivity index (χ3n) is 3.00. The normalized spacial score (nSPS) is 13.7. The topological polar surface area (TPSA) is 98.3 Å². The molecule has 0 bridgehead atoms. The molecule has 0 saturated carbocycles. The Kier molecular flexibility index (Phi) is 4.94. The highest BCUT2D eigenvalue weighted by molar-refractivity contribution is 5.96. The van der Waals surface area contributed by atoms with E-state index in [1.807, 2.05) is 6.92 Å². The molecule has 0 aliphatic rings. The summed E-state index contributed by atoms with van der Waals surface area (Å²) in [6.45, 7) is 3.64. The van der Waals surface area contributed by atoms with Crippen molar-refractivity contribution in [2.24, 2.45) is 11.7 Å². The van der Waals surface area contributed by atoms with Crippen molar-refractivity contribution < 1.29 is 14.1 Å². The van der Waals surface area contributed by atoms with Crippen molar-refractivity contribution in [3.8, 4) is 0 Å². The number of benzene rings is 1. The van der Waals surface area contributed by atoms with E-state index in [-0.39, 0.29) is 5.92 Å². The minimum Gasteiger partial charge on any atom is -0.320 e. The molecule has 0 fully saturated rings. The molecular weight excluding hydrogens is 253 g/mol. The first kappa shape index (κ1) is 15.0. The third-order valence-corrected chi connectivity index (χ3v) is 3.00. The maximum Gasteiger partial charge on any atom is 0.295 e. The lowest BCUT2D eigenvalue weighted by molar-refractivity contribution is -0.384. The molecule has 1 rings (SSSR count). The molecule has 0 heterocycles. The van der Waals surface area contributed by atoms with Gasteiger partial charge in [0, 0.05) is 6.07 Å². The van der Waals surface area contributed by atoms with Crippen LogP contribution < -0.4 is 11.1 Å². The van der Waals surface area contributed by atoms with Crippen molar-refractivity contribution in [3.63, 3.8) is 0 Å². The number of nitrogens with one attached hydrogen (secondary N) is 1. The van der Waals surface area contributed by atoms with E-state index in [4.69, 9.17) is 5.73 Å². The lowest BCUT2D eigenvalue weighted by Gasteiger charge is -2.17. The minimum absolute atomic E-state index is 0.106. The van der Waals surface area contributed by atoms with E-state index in [0.717, 1.165) is 12.1 Å². The van der Waals surface area contributed by atoms with Gasteiger partial charge < -0.3 is 11.1 Å². The lowest BCUT2D eigenvalue weighted by atomic mass is 9.99.